The molecular weight excluding hydrogens is 300 g/mol. The lowest BCUT2D eigenvalue weighted by Crippen LogP contribution is -2.28. The molecule has 0 N–H and O–H groups in total. The van der Waals surface area contributed by atoms with Gasteiger partial charge in [0.05, 0.1) is 5.56 Å². The Morgan fingerprint density at radius 3 is 2.75 bits per heavy atom. The molecule has 4 heteroatoms. The maximum Gasteiger partial charge on any atom is 0.344 e. The summed E-state index contributed by atoms with van der Waals surface area (Å²) in [7, 11) is 1.96. The summed E-state index contributed by atoms with van der Waals surface area (Å²) in [6, 6.07) is 10.1. The maximum absolute atomic E-state index is 12.5. The van der Waals surface area contributed by atoms with Gasteiger partial charge in [0, 0.05) is 47.9 Å². The Labute approximate surface area is 141 Å². The molecule has 1 aliphatic rings. The highest BCUT2D eigenvalue weighted by atomic mass is 16.4. The molecule has 4 nitrogen and oxygen atoms in total. The van der Waals surface area contributed by atoms with Gasteiger partial charge in [-0.2, -0.15) is 0 Å². The average Bonchev–Trinajstić information content (AvgIpc) is 2.60. The van der Waals surface area contributed by atoms with E-state index < -0.39 is 0 Å². The summed E-state index contributed by atoms with van der Waals surface area (Å²) in [5, 5.41) is 0.995. The zero-order chi connectivity index (χ0) is 16.7. The topological polar surface area (TPSA) is 37.3 Å². The minimum atomic E-state index is -0.282. The monoisotopic (exact) mass is 321 g/mol. The summed E-state index contributed by atoms with van der Waals surface area (Å²) in [6.07, 6.45) is 6.12. The summed E-state index contributed by atoms with van der Waals surface area (Å²) < 4.78 is 7.59. The highest BCUT2D eigenvalue weighted by Gasteiger charge is 2.18. The first-order chi connectivity index (χ1) is 11.7. The lowest BCUT2D eigenvalue weighted by atomic mass is 9.98. The smallest absolute Gasteiger partial charge is 0.344 e. The van der Waals surface area contributed by atoms with Gasteiger partial charge in [-0.25, -0.2) is 9.36 Å². The molecule has 3 heterocycles. The van der Waals surface area contributed by atoms with Crippen molar-refractivity contribution in [2.24, 2.45) is 7.05 Å². The van der Waals surface area contributed by atoms with E-state index in [0.29, 0.717) is 11.1 Å². The summed E-state index contributed by atoms with van der Waals surface area (Å²) in [5.74, 6) is 0. The largest absolute Gasteiger partial charge is 0.422 e. The van der Waals surface area contributed by atoms with Gasteiger partial charge in [-0.1, -0.05) is 0 Å². The van der Waals surface area contributed by atoms with Gasteiger partial charge in [0.25, 0.3) is 0 Å². The van der Waals surface area contributed by atoms with Crippen molar-refractivity contribution in [1.29, 1.82) is 0 Å². The van der Waals surface area contributed by atoms with Crippen LogP contribution in [0, 0.1) is 0 Å². The van der Waals surface area contributed by atoms with Crippen molar-refractivity contribution < 1.29 is 8.98 Å². The quantitative estimate of drug-likeness (QED) is 0.538. The van der Waals surface area contributed by atoms with Crippen LogP contribution in [0.15, 0.2) is 51.9 Å². The summed E-state index contributed by atoms with van der Waals surface area (Å²) >= 11 is 0. The Morgan fingerprint density at radius 1 is 1.21 bits per heavy atom. The van der Waals surface area contributed by atoms with Crippen LogP contribution in [0.4, 0.5) is 5.69 Å². The maximum atomic E-state index is 12.5. The van der Waals surface area contributed by atoms with Crippen LogP contribution in [0.5, 0.6) is 0 Å². The van der Waals surface area contributed by atoms with Crippen LogP contribution in [-0.2, 0) is 13.5 Å². The molecule has 0 atom stereocenters. The lowest BCUT2D eigenvalue weighted by Gasteiger charge is -2.30. The highest BCUT2D eigenvalue weighted by molar-refractivity contribution is 5.86. The second kappa shape index (κ2) is 5.78. The minimum Gasteiger partial charge on any atom is -0.422 e. The first kappa shape index (κ1) is 14.9. The molecule has 0 unspecified atom stereocenters. The van der Waals surface area contributed by atoms with Crippen molar-refractivity contribution in [3.8, 4) is 11.1 Å². The van der Waals surface area contributed by atoms with E-state index in [1.165, 1.54) is 17.7 Å². The number of anilines is 1. The number of fused-ring (bicyclic) bond motifs is 2. The predicted octanol–water partition coefficient (Wildman–Crippen LogP) is 3.06. The molecule has 24 heavy (non-hydrogen) atoms. The molecular formula is C20H21N2O2+. The zero-order valence-corrected chi connectivity index (χ0v) is 14.1. The van der Waals surface area contributed by atoms with E-state index in [9.17, 15) is 4.79 Å². The zero-order valence-electron chi connectivity index (χ0n) is 14.1. The third-order valence-corrected chi connectivity index (χ3v) is 4.82. The Balaban J connectivity index is 1.89. The van der Waals surface area contributed by atoms with Crippen molar-refractivity contribution in [3.05, 3.63) is 58.7 Å². The van der Waals surface area contributed by atoms with E-state index in [4.69, 9.17) is 4.42 Å². The SMILES string of the molecule is CCN1CCCc2cc3cc(-c4cc[n+](C)cc4)c(=O)oc3cc21. The molecule has 1 aromatic carbocycles. The third kappa shape index (κ3) is 2.48. The number of rotatable bonds is 2. The Bertz CT molecular complexity index is 958. The number of benzene rings is 1. The fourth-order valence-corrected chi connectivity index (χ4v) is 3.49. The van der Waals surface area contributed by atoms with Crippen LogP contribution in [0.1, 0.15) is 18.9 Å². The molecule has 1 aliphatic heterocycles. The van der Waals surface area contributed by atoms with Crippen LogP contribution in [0.25, 0.3) is 22.1 Å². The van der Waals surface area contributed by atoms with Gasteiger partial charge in [-0.3, -0.25) is 0 Å². The minimum absolute atomic E-state index is 0.282. The van der Waals surface area contributed by atoms with E-state index in [0.717, 1.165) is 30.5 Å². The molecule has 2 aromatic heterocycles. The Morgan fingerprint density at radius 2 is 2.00 bits per heavy atom. The van der Waals surface area contributed by atoms with Crippen molar-refractivity contribution >= 4 is 16.7 Å². The van der Waals surface area contributed by atoms with Gasteiger partial charge in [0.2, 0.25) is 0 Å². The Kier molecular flexibility index (Phi) is 3.60. The normalized spacial score (nSPS) is 14.0. The lowest BCUT2D eigenvalue weighted by molar-refractivity contribution is -0.671. The number of hydrogen-bond acceptors (Lipinski definition) is 3. The van der Waals surface area contributed by atoms with Gasteiger partial charge in [0.1, 0.15) is 12.6 Å². The second-order valence-corrected chi connectivity index (χ2v) is 6.40. The molecule has 3 aromatic rings. The molecule has 0 radical (unpaired) electrons. The van der Waals surface area contributed by atoms with Gasteiger partial charge >= 0.3 is 5.63 Å². The molecule has 4 rings (SSSR count). The number of nitrogens with zero attached hydrogens (tertiary/aromatic N) is 2. The standard InChI is InChI=1S/C20H21N2O2/c1-3-22-8-4-5-15-11-16-12-17(14-6-9-21(2)10-7-14)20(23)24-19(16)13-18(15)22/h6-7,9-13H,3-5,8H2,1-2H3/q+1. The predicted molar refractivity (Wildman–Crippen MR) is 95.3 cm³/mol. The first-order valence-electron chi connectivity index (χ1n) is 8.47. The molecule has 0 spiro atoms. The van der Waals surface area contributed by atoms with Crippen LogP contribution >= 0.6 is 0 Å². The third-order valence-electron chi connectivity index (χ3n) is 4.82. The fourth-order valence-electron chi connectivity index (χ4n) is 3.49. The van der Waals surface area contributed by atoms with E-state index in [2.05, 4.69) is 17.9 Å². The number of aromatic nitrogens is 1. The van der Waals surface area contributed by atoms with Crippen molar-refractivity contribution in [3.63, 3.8) is 0 Å². The van der Waals surface area contributed by atoms with Crippen LogP contribution in [0.3, 0.4) is 0 Å². The molecule has 0 saturated heterocycles. The second-order valence-electron chi connectivity index (χ2n) is 6.40. The molecule has 0 amide bonds. The highest BCUT2D eigenvalue weighted by Crippen LogP contribution is 2.32. The summed E-state index contributed by atoms with van der Waals surface area (Å²) in [6.45, 7) is 4.20. The van der Waals surface area contributed by atoms with Crippen LogP contribution in [0.2, 0.25) is 0 Å². The van der Waals surface area contributed by atoms with Gasteiger partial charge in [-0.05, 0) is 37.5 Å². The average molecular weight is 321 g/mol. The molecule has 0 aliphatic carbocycles. The Hall–Kier alpha value is -2.62. The van der Waals surface area contributed by atoms with Gasteiger partial charge in [0.15, 0.2) is 12.4 Å². The van der Waals surface area contributed by atoms with Crippen molar-refractivity contribution in [1.82, 2.24) is 0 Å². The van der Waals surface area contributed by atoms with Crippen molar-refractivity contribution in [2.45, 2.75) is 19.8 Å². The van der Waals surface area contributed by atoms with E-state index >= 15 is 0 Å². The van der Waals surface area contributed by atoms with Crippen molar-refractivity contribution in [2.75, 3.05) is 18.0 Å². The molecule has 122 valence electrons. The van der Waals surface area contributed by atoms with Gasteiger partial charge < -0.3 is 9.32 Å². The number of aryl methyl sites for hydroxylation is 2. The summed E-state index contributed by atoms with van der Waals surface area (Å²) in [4.78, 5) is 14.8. The van der Waals surface area contributed by atoms with Gasteiger partial charge in [-0.15, -0.1) is 0 Å². The van der Waals surface area contributed by atoms with E-state index in [1.54, 1.807) is 0 Å². The number of hydrogen-bond donors (Lipinski definition) is 0. The van der Waals surface area contributed by atoms with E-state index in [1.807, 2.05) is 48.3 Å². The van der Waals surface area contributed by atoms with E-state index in [-0.39, 0.29) is 5.63 Å². The van der Waals surface area contributed by atoms with Crippen LogP contribution < -0.4 is 15.1 Å². The molecule has 0 saturated carbocycles. The molecule has 0 bridgehead atoms. The number of pyridine rings is 1. The molecule has 0 fully saturated rings. The summed E-state index contributed by atoms with van der Waals surface area (Å²) in [5.41, 5.74) is 4.44. The fraction of sp³-hybridized carbons (Fsp3) is 0.300. The first-order valence-corrected chi connectivity index (χ1v) is 8.47. The van der Waals surface area contributed by atoms with Crippen LogP contribution in [-0.4, -0.2) is 13.1 Å².